The van der Waals surface area contributed by atoms with Gasteiger partial charge in [-0.15, -0.1) is 0 Å². The molecule has 0 unspecified atom stereocenters. The largest absolute Gasteiger partial charge is 0.493 e. The summed E-state index contributed by atoms with van der Waals surface area (Å²) in [4.78, 5) is 6.65. The Balaban J connectivity index is 2.04. The van der Waals surface area contributed by atoms with Crippen molar-refractivity contribution in [2.45, 2.75) is 31.6 Å². The second kappa shape index (κ2) is 8.73. The molecular formula is C19H26ClN3O3S. The Kier molecular flexibility index (Phi) is 6.57. The van der Waals surface area contributed by atoms with Crippen LogP contribution in [0.25, 0.3) is 10.8 Å². The average Bonchev–Trinajstić information content (AvgIpc) is 2.92. The van der Waals surface area contributed by atoms with E-state index in [0.29, 0.717) is 36.2 Å². The van der Waals surface area contributed by atoms with Crippen LogP contribution in [-0.2, 0) is 10.0 Å². The Morgan fingerprint density at radius 1 is 1.15 bits per heavy atom. The number of hydrogen-bond donors (Lipinski definition) is 0. The number of fused-ring (bicyclic) bond motifs is 1. The van der Waals surface area contributed by atoms with E-state index in [9.17, 15) is 8.42 Å². The molecular weight excluding hydrogens is 386 g/mol. The summed E-state index contributed by atoms with van der Waals surface area (Å²) in [6, 6.07) is 5.01. The lowest BCUT2D eigenvalue weighted by Crippen LogP contribution is -2.35. The molecule has 0 aliphatic carbocycles. The SMILES string of the molecule is CCCOc1ccc(S(=O)(=O)N2CCCN(CC)CC2)c2ccnc(Cl)c12. The molecule has 148 valence electrons. The van der Waals surface area contributed by atoms with Crippen molar-refractivity contribution in [1.82, 2.24) is 14.2 Å². The first-order valence-corrected chi connectivity index (χ1v) is 11.2. The van der Waals surface area contributed by atoms with Gasteiger partial charge in [-0.2, -0.15) is 4.31 Å². The molecule has 1 saturated heterocycles. The number of sulfonamides is 1. The number of nitrogens with zero attached hydrogens (tertiary/aromatic N) is 3. The van der Waals surface area contributed by atoms with Gasteiger partial charge in [0, 0.05) is 31.2 Å². The summed E-state index contributed by atoms with van der Waals surface area (Å²) in [6.45, 7) is 8.25. The second-order valence-corrected chi connectivity index (χ2v) is 8.89. The normalized spacial score (nSPS) is 17.1. The van der Waals surface area contributed by atoms with Gasteiger partial charge in [0.05, 0.1) is 16.9 Å². The van der Waals surface area contributed by atoms with E-state index in [-0.39, 0.29) is 10.0 Å². The highest BCUT2D eigenvalue weighted by molar-refractivity contribution is 7.89. The number of halogens is 1. The molecule has 27 heavy (non-hydrogen) atoms. The number of pyridine rings is 1. The van der Waals surface area contributed by atoms with Crippen molar-refractivity contribution in [2.75, 3.05) is 39.3 Å². The fourth-order valence-corrected chi connectivity index (χ4v) is 5.31. The molecule has 3 rings (SSSR count). The van der Waals surface area contributed by atoms with Crippen molar-refractivity contribution in [3.63, 3.8) is 0 Å². The standard InChI is InChI=1S/C19H26ClN3O3S/c1-3-14-26-16-6-7-17(15-8-9-21-19(20)18(15)16)27(24,25)23-11-5-10-22(4-2)12-13-23/h6-9H,3-5,10-14H2,1-2H3. The van der Waals surface area contributed by atoms with E-state index in [1.165, 1.54) is 6.20 Å². The van der Waals surface area contributed by atoms with Crippen molar-refractivity contribution in [3.05, 3.63) is 29.5 Å². The van der Waals surface area contributed by atoms with Gasteiger partial charge in [0.25, 0.3) is 0 Å². The van der Waals surface area contributed by atoms with Crippen molar-refractivity contribution >= 4 is 32.4 Å². The zero-order valence-electron chi connectivity index (χ0n) is 15.8. The summed E-state index contributed by atoms with van der Waals surface area (Å²) in [5, 5.41) is 1.36. The number of rotatable bonds is 6. The quantitative estimate of drug-likeness (QED) is 0.682. The highest BCUT2D eigenvalue weighted by Gasteiger charge is 2.29. The van der Waals surface area contributed by atoms with Crippen molar-refractivity contribution < 1.29 is 13.2 Å². The van der Waals surface area contributed by atoms with E-state index in [4.69, 9.17) is 16.3 Å². The van der Waals surface area contributed by atoms with Crippen LogP contribution in [0.15, 0.2) is 29.3 Å². The molecule has 0 spiro atoms. The Morgan fingerprint density at radius 3 is 2.70 bits per heavy atom. The van der Waals surface area contributed by atoms with Crippen LogP contribution in [0.4, 0.5) is 0 Å². The number of ether oxygens (including phenoxy) is 1. The maximum atomic E-state index is 13.4. The summed E-state index contributed by atoms with van der Waals surface area (Å²) in [5.41, 5.74) is 0. The molecule has 8 heteroatoms. The zero-order valence-corrected chi connectivity index (χ0v) is 17.4. The second-order valence-electron chi connectivity index (χ2n) is 6.63. The molecule has 1 aromatic carbocycles. The van der Waals surface area contributed by atoms with Crippen LogP contribution in [0.3, 0.4) is 0 Å². The minimum absolute atomic E-state index is 0.253. The molecule has 0 bridgehead atoms. The van der Waals surface area contributed by atoms with Gasteiger partial charge in [-0.25, -0.2) is 13.4 Å². The molecule has 0 atom stereocenters. The predicted molar refractivity (Wildman–Crippen MR) is 108 cm³/mol. The summed E-state index contributed by atoms with van der Waals surface area (Å²) in [7, 11) is -3.63. The fraction of sp³-hybridized carbons (Fsp3) is 0.526. The highest BCUT2D eigenvalue weighted by atomic mass is 35.5. The first-order valence-electron chi connectivity index (χ1n) is 9.41. The molecule has 1 aromatic heterocycles. The zero-order chi connectivity index (χ0) is 19.4. The number of likely N-dealkylation sites (N-methyl/N-ethyl adjacent to an activating group) is 1. The molecule has 1 aliphatic heterocycles. The smallest absolute Gasteiger partial charge is 0.243 e. The summed E-state index contributed by atoms with van der Waals surface area (Å²) in [5.74, 6) is 0.567. The highest BCUT2D eigenvalue weighted by Crippen LogP contribution is 2.36. The van der Waals surface area contributed by atoms with Crippen LogP contribution in [-0.4, -0.2) is 61.9 Å². The van der Waals surface area contributed by atoms with E-state index >= 15 is 0 Å². The lowest BCUT2D eigenvalue weighted by molar-refractivity contribution is 0.302. The summed E-state index contributed by atoms with van der Waals surface area (Å²) >= 11 is 6.31. The van der Waals surface area contributed by atoms with Crippen molar-refractivity contribution in [2.24, 2.45) is 0 Å². The Morgan fingerprint density at radius 2 is 1.96 bits per heavy atom. The van der Waals surface area contributed by atoms with Crippen LogP contribution >= 0.6 is 11.6 Å². The average molecular weight is 412 g/mol. The topological polar surface area (TPSA) is 62.7 Å². The minimum Gasteiger partial charge on any atom is -0.493 e. The van der Waals surface area contributed by atoms with E-state index < -0.39 is 10.0 Å². The van der Waals surface area contributed by atoms with Crippen LogP contribution in [0, 0.1) is 0 Å². The van der Waals surface area contributed by atoms with E-state index in [0.717, 1.165) is 32.5 Å². The van der Waals surface area contributed by atoms with E-state index in [1.807, 2.05) is 6.92 Å². The predicted octanol–water partition coefficient (Wildman–Crippen LogP) is 3.39. The first kappa shape index (κ1) is 20.3. The molecule has 0 radical (unpaired) electrons. The minimum atomic E-state index is -3.63. The molecule has 0 amide bonds. The van der Waals surface area contributed by atoms with Crippen molar-refractivity contribution in [3.8, 4) is 5.75 Å². The Labute approximate surface area is 166 Å². The van der Waals surface area contributed by atoms with Gasteiger partial charge in [-0.1, -0.05) is 25.4 Å². The van der Waals surface area contributed by atoms with Gasteiger partial charge in [0.1, 0.15) is 10.9 Å². The third-order valence-corrected chi connectivity index (χ3v) is 7.12. The van der Waals surface area contributed by atoms with Gasteiger partial charge in [0.2, 0.25) is 10.0 Å². The van der Waals surface area contributed by atoms with Gasteiger partial charge in [-0.05, 0) is 44.1 Å². The van der Waals surface area contributed by atoms with E-state index in [1.54, 1.807) is 22.5 Å². The third kappa shape index (κ3) is 4.21. The summed E-state index contributed by atoms with van der Waals surface area (Å²) in [6.07, 6.45) is 3.21. The van der Waals surface area contributed by atoms with Gasteiger partial charge >= 0.3 is 0 Å². The monoisotopic (exact) mass is 411 g/mol. The lowest BCUT2D eigenvalue weighted by atomic mass is 10.1. The number of hydrogen-bond acceptors (Lipinski definition) is 5. The van der Waals surface area contributed by atoms with Crippen molar-refractivity contribution in [1.29, 1.82) is 0 Å². The Bertz CT molecular complexity index is 904. The number of aromatic nitrogens is 1. The van der Waals surface area contributed by atoms with Crippen LogP contribution in [0.2, 0.25) is 5.15 Å². The Hall–Kier alpha value is -1.41. The van der Waals surface area contributed by atoms with Crippen LogP contribution in [0.5, 0.6) is 5.75 Å². The fourth-order valence-electron chi connectivity index (χ4n) is 3.40. The molecule has 2 aromatic rings. The van der Waals surface area contributed by atoms with Gasteiger partial charge in [-0.3, -0.25) is 0 Å². The molecule has 1 fully saturated rings. The van der Waals surface area contributed by atoms with Gasteiger partial charge in [0.15, 0.2) is 0 Å². The maximum Gasteiger partial charge on any atom is 0.243 e. The molecule has 2 heterocycles. The lowest BCUT2D eigenvalue weighted by Gasteiger charge is -2.22. The van der Waals surface area contributed by atoms with E-state index in [2.05, 4.69) is 16.8 Å². The molecule has 1 aliphatic rings. The molecule has 0 N–H and O–H groups in total. The van der Waals surface area contributed by atoms with Gasteiger partial charge < -0.3 is 9.64 Å². The third-order valence-electron chi connectivity index (χ3n) is 4.88. The summed E-state index contributed by atoms with van der Waals surface area (Å²) < 4.78 is 34.1. The van der Waals surface area contributed by atoms with Crippen LogP contribution < -0.4 is 4.74 Å². The maximum absolute atomic E-state index is 13.4. The molecule has 6 nitrogen and oxygen atoms in total. The number of benzene rings is 1. The van der Waals surface area contributed by atoms with Crippen LogP contribution in [0.1, 0.15) is 26.7 Å². The first-order chi connectivity index (χ1) is 13.0. The molecule has 0 saturated carbocycles.